The fraction of sp³-hybridized carbons (Fsp3) is 0.310. The lowest BCUT2D eigenvalue weighted by molar-refractivity contribution is -0.384. The van der Waals surface area contributed by atoms with Crippen molar-refractivity contribution in [2.75, 3.05) is 11.9 Å². The molecule has 4 N–H and O–H groups in total. The Labute approximate surface area is 273 Å². The van der Waals surface area contributed by atoms with Crippen LogP contribution in [0.5, 0.6) is 5.75 Å². The van der Waals surface area contributed by atoms with Gasteiger partial charge in [-0.1, -0.05) is 26.0 Å². The van der Waals surface area contributed by atoms with Crippen LogP contribution in [-0.4, -0.2) is 82.4 Å². The van der Waals surface area contributed by atoms with Crippen molar-refractivity contribution in [3.05, 3.63) is 76.4 Å². The van der Waals surface area contributed by atoms with Crippen LogP contribution in [-0.2, 0) is 45.4 Å². The predicted molar refractivity (Wildman–Crippen MR) is 165 cm³/mol. The zero-order valence-corrected chi connectivity index (χ0v) is 26.5. The van der Waals surface area contributed by atoms with Crippen molar-refractivity contribution in [3.8, 4) is 5.75 Å². The van der Waals surface area contributed by atoms with E-state index in [1.165, 1.54) is 57.2 Å². The fourth-order valence-electron chi connectivity index (χ4n) is 4.08. The van der Waals surface area contributed by atoms with Gasteiger partial charge in [0.15, 0.2) is 5.25 Å². The van der Waals surface area contributed by atoms with Gasteiger partial charge in [-0.15, -0.1) is 0 Å². The number of nitro benzene ring substituents is 1. The Morgan fingerprint density at radius 1 is 0.896 bits per heavy atom. The quantitative estimate of drug-likeness (QED) is 0.0541. The first-order valence-electron chi connectivity index (χ1n) is 14.1. The summed E-state index contributed by atoms with van der Waals surface area (Å²) < 4.78 is 43.5. The molecule has 0 bridgehead atoms. The van der Waals surface area contributed by atoms with E-state index in [-0.39, 0.29) is 18.0 Å². The summed E-state index contributed by atoms with van der Waals surface area (Å²) >= 11 is 0. The third-order valence-electron chi connectivity index (χ3n) is 6.73. The van der Waals surface area contributed by atoms with E-state index in [4.69, 9.17) is 9.47 Å². The molecule has 0 aromatic heterocycles. The normalized spacial score (nSPS) is 14.6. The van der Waals surface area contributed by atoms with E-state index in [2.05, 4.69) is 16.0 Å². The molecule has 3 rings (SSSR count). The van der Waals surface area contributed by atoms with Gasteiger partial charge in [0.1, 0.15) is 24.4 Å². The Hall–Kier alpha value is -5.69. The number of nitrogens with one attached hydrogen (secondary N) is 3. The topological polar surface area (TPSA) is 258 Å². The van der Waals surface area contributed by atoms with Gasteiger partial charge in [-0.05, 0) is 42.7 Å². The van der Waals surface area contributed by atoms with E-state index in [0.717, 1.165) is 24.3 Å². The number of nitrogens with zero attached hydrogens (tertiary/aromatic N) is 2. The number of nitro groups is 1. The molecular weight excluding hydrogens is 658 g/mol. The van der Waals surface area contributed by atoms with Gasteiger partial charge in [-0.2, -0.15) is 8.42 Å². The fourth-order valence-corrected chi connectivity index (χ4v) is 4.75. The van der Waals surface area contributed by atoms with Gasteiger partial charge in [-0.25, -0.2) is 4.79 Å². The highest BCUT2D eigenvalue weighted by Gasteiger charge is 2.39. The van der Waals surface area contributed by atoms with Crippen molar-refractivity contribution in [2.45, 2.75) is 44.7 Å². The minimum absolute atomic E-state index is 0.0416. The van der Waals surface area contributed by atoms with Crippen molar-refractivity contribution in [2.24, 2.45) is 5.92 Å². The lowest BCUT2D eigenvalue weighted by Gasteiger charge is -2.26. The summed E-state index contributed by atoms with van der Waals surface area (Å²) in [5.41, 5.74) is 0.647. The SMILES string of the molecule is CC(C)[C@H](NC(=O)C(CN1C(=O)C=CC1=O)S(=O)(=O)O)C(=O)N[C@@H](C)C(=O)Nc1ccc(COC(=O)Oc2ccc([N+](=O)[O-])cc2)cc1. The summed E-state index contributed by atoms with van der Waals surface area (Å²) in [7, 11) is -5.13. The van der Waals surface area contributed by atoms with Gasteiger partial charge in [-0.3, -0.25) is 43.5 Å². The summed E-state index contributed by atoms with van der Waals surface area (Å²) in [6.07, 6.45) is 0.685. The Morgan fingerprint density at radius 3 is 2.00 bits per heavy atom. The van der Waals surface area contributed by atoms with Gasteiger partial charge in [0.25, 0.3) is 27.6 Å². The van der Waals surface area contributed by atoms with Crippen LogP contribution >= 0.6 is 0 Å². The lowest BCUT2D eigenvalue weighted by atomic mass is 10.0. The molecule has 0 aliphatic carbocycles. The maximum absolute atomic E-state index is 13.0. The summed E-state index contributed by atoms with van der Waals surface area (Å²) in [5.74, 6) is -5.24. The van der Waals surface area contributed by atoms with Crippen LogP contribution in [0.4, 0.5) is 16.2 Å². The van der Waals surface area contributed by atoms with Gasteiger partial charge in [0.05, 0.1) is 11.5 Å². The summed E-state index contributed by atoms with van der Waals surface area (Å²) in [5, 5.41) is 15.6. The average Bonchev–Trinajstić information content (AvgIpc) is 3.33. The number of imide groups is 1. The molecule has 0 saturated heterocycles. The molecule has 1 unspecified atom stereocenters. The van der Waals surface area contributed by atoms with Crippen LogP contribution in [0.25, 0.3) is 0 Å². The van der Waals surface area contributed by atoms with Crippen molar-refractivity contribution in [3.63, 3.8) is 0 Å². The molecule has 0 spiro atoms. The van der Waals surface area contributed by atoms with Crippen LogP contribution in [0.3, 0.4) is 0 Å². The Bertz CT molecular complexity index is 1710. The molecule has 48 heavy (non-hydrogen) atoms. The second-order valence-electron chi connectivity index (χ2n) is 10.7. The van der Waals surface area contributed by atoms with E-state index < -0.39 is 80.5 Å². The molecule has 256 valence electrons. The molecule has 0 saturated carbocycles. The molecule has 0 fully saturated rings. The lowest BCUT2D eigenvalue weighted by Crippen LogP contribution is -2.57. The van der Waals surface area contributed by atoms with Crippen molar-refractivity contribution >= 4 is 57.2 Å². The maximum atomic E-state index is 13.0. The highest BCUT2D eigenvalue weighted by atomic mass is 32.2. The summed E-state index contributed by atoms with van der Waals surface area (Å²) in [6.45, 7) is 3.21. The number of rotatable bonds is 14. The van der Waals surface area contributed by atoms with E-state index in [0.29, 0.717) is 16.2 Å². The third kappa shape index (κ3) is 10.2. The molecular formula is C29H31N5O13S. The largest absolute Gasteiger partial charge is 0.514 e. The molecule has 2 aromatic carbocycles. The number of non-ortho nitro benzene ring substituents is 1. The van der Waals surface area contributed by atoms with Crippen LogP contribution < -0.4 is 20.7 Å². The molecule has 1 aliphatic rings. The van der Waals surface area contributed by atoms with Gasteiger partial charge in [0.2, 0.25) is 17.7 Å². The minimum Gasteiger partial charge on any atom is -0.429 e. The maximum Gasteiger partial charge on any atom is 0.514 e. The van der Waals surface area contributed by atoms with E-state index in [1.54, 1.807) is 0 Å². The second-order valence-corrected chi connectivity index (χ2v) is 12.3. The molecule has 5 amide bonds. The number of benzene rings is 2. The number of carbonyl (C=O) groups is 6. The number of hydrogen-bond donors (Lipinski definition) is 4. The first kappa shape index (κ1) is 36.8. The molecule has 18 nitrogen and oxygen atoms in total. The van der Waals surface area contributed by atoms with E-state index >= 15 is 0 Å². The van der Waals surface area contributed by atoms with Gasteiger partial charge < -0.3 is 25.4 Å². The smallest absolute Gasteiger partial charge is 0.429 e. The summed E-state index contributed by atoms with van der Waals surface area (Å²) in [4.78, 5) is 84.8. The zero-order valence-electron chi connectivity index (χ0n) is 25.6. The monoisotopic (exact) mass is 689 g/mol. The first-order valence-corrected chi connectivity index (χ1v) is 15.6. The molecule has 1 heterocycles. The Kier molecular flexibility index (Phi) is 12.1. The molecule has 1 aliphatic heterocycles. The molecule has 0 radical (unpaired) electrons. The summed E-state index contributed by atoms with van der Waals surface area (Å²) in [6, 6.07) is 8.31. The highest BCUT2D eigenvalue weighted by molar-refractivity contribution is 7.87. The average molecular weight is 690 g/mol. The Morgan fingerprint density at radius 2 is 1.48 bits per heavy atom. The molecule has 3 atom stereocenters. The number of amides is 5. The van der Waals surface area contributed by atoms with E-state index in [9.17, 15) is 51.9 Å². The minimum atomic E-state index is -5.13. The number of carbonyl (C=O) groups excluding carboxylic acids is 6. The van der Waals surface area contributed by atoms with Crippen molar-refractivity contribution in [1.82, 2.24) is 15.5 Å². The third-order valence-corrected chi connectivity index (χ3v) is 7.81. The number of anilines is 1. The first-order chi connectivity index (χ1) is 22.5. The van der Waals surface area contributed by atoms with E-state index in [1.807, 2.05) is 0 Å². The molecule has 19 heteroatoms. The zero-order chi connectivity index (χ0) is 35.8. The standard InChI is InChI=1S/C29H31N5O13S/c1-16(2)25(32-27(38)22(48(43,44)45)14-33-23(35)12-13-24(33)36)28(39)30-17(3)26(37)31-19-6-4-18(5-7-19)15-46-29(40)47-21-10-8-20(9-11-21)34(41)42/h4-13,16-17,22,25H,14-15H2,1-3H3,(H,30,39)(H,31,37)(H,32,38)(H,43,44,45)/t17-,22?,25-/m0/s1. The van der Waals surface area contributed by atoms with Crippen LogP contribution in [0.1, 0.15) is 26.3 Å². The van der Waals surface area contributed by atoms with Crippen LogP contribution in [0.15, 0.2) is 60.7 Å². The number of ether oxygens (including phenoxy) is 2. The van der Waals surface area contributed by atoms with Crippen molar-refractivity contribution < 1.29 is 56.1 Å². The predicted octanol–water partition coefficient (Wildman–Crippen LogP) is 1.08. The van der Waals surface area contributed by atoms with Crippen LogP contribution in [0.2, 0.25) is 0 Å². The number of hydrogen-bond acceptors (Lipinski definition) is 12. The molecule has 2 aromatic rings. The second kappa shape index (κ2) is 15.7. The Balaban J connectivity index is 1.52. The van der Waals surface area contributed by atoms with Gasteiger partial charge in [0, 0.05) is 30.0 Å². The van der Waals surface area contributed by atoms with Crippen LogP contribution in [0, 0.1) is 16.0 Å². The van der Waals surface area contributed by atoms with Crippen molar-refractivity contribution in [1.29, 1.82) is 0 Å². The van der Waals surface area contributed by atoms with Gasteiger partial charge >= 0.3 is 6.16 Å². The highest BCUT2D eigenvalue weighted by Crippen LogP contribution is 2.18.